The molecular weight excluding hydrogens is 583 g/mol. The van der Waals surface area contributed by atoms with Gasteiger partial charge in [0.05, 0.1) is 16.8 Å². The molecule has 2 aromatic carbocycles. The number of piperazine rings is 1. The Balaban J connectivity index is 1.12. The lowest BCUT2D eigenvalue weighted by Gasteiger charge is -2.44. The number of piperidine rings is 1. The van der Waals surface area contributed by atoms with Crippen molar-refractivity contribution in [3.63, 3.8) is 0 Å². The molecule has 10 heteroatoms. The van der Waals surface area contributed by atoms with Crippen LogP contribution in [0.1, 0.15) is 85.1 Å². The quantitative estimate of drug-likeness (QED) is 0.464. The standard InChI is InChI=1S/C34H36ClFN4O4/c1-34(2)12-11-20(26(15-34)19-3-5-21(35)6-4-19)16-38-17-22-7-8-23(18-38)39(22)29-14-25-24(13-27(29)36)32(43)40(33(25)44)28-9-10-30(41)37-31(28)42/h3-6,13-14,22-23,28H,7-12,15-18H2,1-2H3,(H,37,41,42). The maximum absolute atomic E-state index is 15.7. The lowest BCUT2D eigenvalue weighted by molar-refractivity contribution is -0.136. The second kappa shape index (κ2) is 10.8. The van der Waals surface area contributed by atoms with Gasteiger partial charge in [-0.3, -0.25) is 34.3 Å². The number of imide groups is 2. The smallest absolute Gasteiger partial charge is 0.262 e. The minimum absolute atomic E-state index is 0.0335. The van der Waals surface area contributed by atoms with Gasteiger partial charge in [-0.25, -0.2) is 4.39 Å². The predicted octanol–water partition coefficient (Wildman–Crippen LogP) is 5.20. The largest absolute Gasteiger partial charge is 0.361 e. The number of carbonyl (C=O) groups excluding carboxylic acids is 4. The molecule has 230 valence electrons. The summed E-state index contributed by atoms with van der Waals surface area (Å²) in [5.74, 6) is -2.97. The Labute approximate surface area is 261 Å². The summed E-state index contributed by atoms with van der Waals surface area (Å²) in [7, 11) is 0. The number of hydrogen-bond acceptors (Lipinski definition) is 6. The van der Waals surface area contributed by atoms with Crippen LogP contribution in [0.5, 0.6) is 0 Å². The van der Waals surface area contributed by atoms with Gasteiger partial charge in [0.15, 0.2) is 0 Å². The number of allylic oxidation sites excluding steroid dienone is 1. The molecule has 2 aromatic rings. The highest BCUT2D eigenvalue weighted by atomic mass is 35.5. The number of amides is 4. The van der Waals surface area contributed by atoms with Crippen LogP contribution in [0, 0.1) is 11.2 Å². The predicted molar refractivity (Wildman–Crippen MR) is 165 cm³/mol. The van der Waals surface area contributed by atoms with E-state index in [9.17, 15) is 19.2 Å². The topological polar surface area (TPSA) is 90.0 Å². The Bertz CT molecular complexity index is 1610. The summed E-state index contributed by atoms with van der Waals surface area (Å²) in [4.78, 5) is 56.2. The second-order valence-electron chi connectivity index (χ2n) is 13.7. The van der Waals surface area contributed by atoms with E-state index in [0.717, 1.165) is 67.7 Å². The molecule has 3 fully saturated rings. The van der Waals surface area contributed by atoms with Crippen LogP contribution in [-0.4, -0.2) is 71.2 Å². The summed E-state index contributed by atoms with van der Waals surface area (Å²) in [6.07, 6.45) is 5.12. The van der Waals surface area contributed by atoms with Crippen molar-refractivity contribution >= 4 is 46.5 Å². The number of halogens is 2. The normalized spacial score (nSPS) is 26.9. The summed E-state index contributed by atoms with van der Waals surface area (Å²) in [5.41, 5.74) is 4.73. The van der Waals surface area contributed by atoms with Crippen LogP contribution in [0.2, 0.25) is 5.02 Å². The van der Waals surface area contributed by atoms with E-state index in [-0.39, 0.29) is 41.5 Å². The van der Waals surface area contributed by atoms with Crippen LogP contribution in [0.25, 0.3) is 5.57 Å². The van der Waals surface area contributed by atoms with Crippen LogP contribution in [0.4, 0.5) is 10.1 Å². The van der Waals surface area contributed by atoms with Gasteiger partial charge in [0, 0.05) is 43.2 Å². The third-order valence-corrected chi connectivity index (χ3v) is 10.4. The van der Waals surface area contributed by atoms with Crippen molar-refractivity contribution in [2.45, 2.75) is 76.9 Å². The molecule has 5 aliphatic rings. The number of nitrogens with one attached hydrogen (secondary N) is 1. The summed E-state index contributed by atoms with van der Waals surface area (Å²) < 4.78 is 15.7. The first kappa shape index (κ1) is 29.2. The number of fused-ring (bicyclic) bond motifs is 3. The molecule has 0 aromatic heterocycles. The minimum atomic E-state index is -1.08. The fourth-order valence-electron chi connectivity index (χ4n) is 7.92. The van der Waals surface area contributed by atoms with Crippen molar-refractivity contribution < 1.29 is 23.6 Å². The van der Waals surface area contributed by atoms with E-state index in [1.807, 2.05) is 12.1 Å². The monoisotopic (exact) mass is 618 g/mol. The fraction of sp³-hybridized carbons (Fsp3) is 0.471. The van der Waals surface area contributed by atoms with Gasteiger partial charge in [0.1, 0.15) is 11.9 Å². The Hall–Kier alpha value is -3.56. The van der Waals surface area contributed by atoms with E-state index >= 15 is 4.39 Å². The van der Waals surface area contributed by atoms with Crippen LogP contribution in [0.15, 0.2) is 42.0 Å². The fourth-order valence-corrected chi connectivity index (χ4v) is 8.05. The van der Waals surface area contributed by atoms with E-state index in [1.165, 1.54) is 22.8 Å². The number of nitrogens with zero attached hydrogens (tertiary/aromatic N) is 3. The van der Waals surface area contributed by atoms with Crippen molar-refractivity contribution in [2.24, 2.45) is 5.41 Å². The zero-order chi connectivity index (χ0) is 30.9. The molecule has 4 amide bonds. The highest BCUT2D eigenvalue weighted by molar-refractivity contribution is 6.30. The van der Waals surface area contributed by atoms with E-state index in [0.29, 0.717) is 5.69 Å². The number of benzene rings is 2. The highest BCUT2D eigenvalue weighted by Gasteiger charge is 2.47. The molecule has 0 spiro atoms. The van der Waals surface area contributed by atoms with Gasteiger partial charge < -0.3 is 4.90 Å². The summed E-state index contributed by atoms with van der Waals surface area (Å²) >= 11 is 6.19. The van der Waals surface area contributed by atoms with Crippen LogP contribution < -0.4 is 10.2 Å². The molecule has 3 saturated heterocycles. The molecule has 8 nitrogen and oxygen atoms in total. The molecule has 0 radical (unpaired) electrons. The van der Waals surface area contributed by atoms with Gasteiger partial charge in [-0.15, -0.1) is 0 Å². The third-order valence-electron chi connectivity index (χ3n) is 10.1. The average Bonchev–Trinajstić information content (AvgIpc) is 3.37. The zero-order valence-corrected chi connectivity index (χ0v) is 25.8. The molecule has 4 aliphatic heterocycles. The Morgan fingerprint density at radius 2 is 1.59 bits per heavy atom. The lowest BCUT2D eigenvalue weighted by Crippen LogP contribution is -2.54. The molecule has 3 atom stereocenters. The molecule has 0 saturated carbocycles. The first-order valence-electron chi connectivity index (χ1n) is 15.5. The first-order chi connectivity index (χ1) is 21.0. The third kappa shape index (κ3) is 5.04. The van der Waals surface area contributed by atoms with E-state index in [4.69, 9.17) is 11.6 Å². The molecule has 7 rings (SSSR count). The lowest BCUT2D eigenvalue weighted by atomic mass is 9.72. The number of anilines is 1. The first-order valence-corrected chi connectivity index (χ1v) is 15.9. The Kier molecular flexibility index (Phi) is 7.16. The van der Waals surface area contributed by atoms with Crippen molar-refractivity contribution in [2.75, 3.05) is 24.5 Å². The number of rotatable bonds is 5. The maximum Gasteiger partial charge on any atom is 0.262 e. The van der Waals surface area contributed by atoms with Gasteiger partial charge in [-0.1, -0.05) is 43.2 Å². The molecule has 1 N–H and O–H groups in total. The number of likely N-dealkylation sites (tertiary alicyclic amines) is 1. The van der Waals surface area contributed by atoms with Gasteiger partial charge in [0.25, 0.3) is 11.8 Å². The maximum atomic E-state index is 15.7. The molecular formula is C34H36ClFN4O4. The molecule has 2 bridgehead atoms. The molecule has 3 unspecified atom stereocenters. The summed E-state index contributed by atoms with van der Waals surface area (Å²) in [6, 6.07) is 9.88. The second-order valence-corrected chi connectivity index (χ2v) is 14.1. The van der Waals surface area contributed by atoms with Crippen LogP contribution in [0.3, 0.4) is 0 Å². The minimum Gasteiger partial charge on any atom is -0.361 e. The van der Waals surface area contributed by atoms with Gasteiger partial charge >= 0.3 is 0 Å². The number of hydrogen-bond donors (Lipinski definition) is 1. The van der Waals surface area contributed by atoms with E-state index in [1.54, 1.807) is 0 Å². The van der Waals surface area contributed by atoms with Crippen molar-refractivity contribution in [3.05, 3.63) is 69.5 Å². The van der Waals surface area contributed by atoms with Gasteiger partial charge in [-0.05, 0) is 79.3 Å². The van der Waals surface area contributed by atoms with Crippen molar-refractivity contribution in [1.82, 2.24) is 15.1 Å². The highest BCUT2D eigenvalue weighted by Crippen LogP contribution is 2.45. The van der Waals surface area contributed by atoms with Crippen molar-refractivity contribution in [1.29, 1.82) is 0 Å². The van der Waals surface area contributed by atoms with Gasteiger partial charge in [0.2, 0.25) is 11.8 Å². The number of carbonyl (C=O) groups is 4. The average molecular weight is 619 g/mol. The zero-order valence-electron chi connectivity index (χ0n) is 25.0. The van der Waals surface area contributed by atoms with Crippen molar-refractivity contribution in [3.8, 4) is 0 Å². The molecule has 44 heavy (non-hydrogen) atoms. The Morgan fingerprint density at radius 1 is 0.932 bits per heavy atom. The van der Waals surface area contributed by atoms with Gasteiger partial charge in [-0.2, -0.15) is 0 Å². The van der Waals surface area contributed by atoms with Crippen LogP contribution in [-0.2, 0) is 9.59 Å². The van der Waals surface area contributed by atoms with E-state index in [2.05, 4.69) is 41.1 Å². The summed E-state index contributed by atoms with van der Waals surface area (Å²) in [6.45, 7) is 7.08. The Morgan fingerprint density at radius 3 is 2.25 bits per heavy atom. The van der Waals surface area contributed by atoms with Crippen LogP contribution >= 0.6 is 11.6 Å². The van der Waals surface area contributed by atoms with E-state index < -0.39 is 35.5 Å². The summed E-state index contributed by atoms with van der Waals surface area (Å²) in [5, 5.41) is 2.93. The molecule has 4 heterocycles. The molecule has 1 aliphatic carbocycles. The SMILES string of the molecule is CC1(C)CCC(CN2CC3CCC(C2)N3c2cc3c(cc2F)C(=O)N(C2CCC(=O)NC2=O)C3=O)=C(c2ccc(Cl)cc2)C1.